The highest BCUT2D eigenvalue weighted by atomic mass is 79.9. The quantitative estimate of drug-likeness (QED) is 0.450. The van der Waals surface area contributed by atoms with Crippen molar-refractivity contribution in [2.24, 2.45) is 0 Å². The number of hydrogen-bond acceptors (Lipinski definition) is 2. The van der Waals surface area contributed by atoms with Gasteiger partial charge in [-0.15, -0.1) is 0 Å². The lowest BCUT2D eigenvalue weighted by Gasteiger charge is -2.16. The van der Waals surface area contributed by atoms with E-state index in [1.807, 2.05) is 0 Å². The fraction of sp³-hybridized carbons (Fsp3) is 0.429. The molecule has 1 aliphatic heterocycles. The highest BCUT2D eigenvalue weighted by Gasteiger charge is 2.30. The van der Waals surface area contributed by atoms with Crippen molar-refractivity contribution < 1.29 is 9.59 Å². The molecule has 11 heavy (non-hydrogen) atoms. The molecule has 0 saturated carbocycles. The van der Waals surface area contributed by atoms with E-state index in [1.54, 1.807) is 6.92 Å². The maximum absolute atomic E-state index is 11.0. The lowest BCUT2D eigenvalue weighted by Crippen LogP contribution is -2.35. The van der Waals surface area contributed by atoms with Crippen LogP contribution in [0.25, 0.3) is 0 Å². The van der Waals surface area contributed by atoms with Crippen molar-refractivity contribution in [3.8, 4) is 0 Å². The number of nitrogens with zero attached hydrogens (tertiary/aromatic N) is 1. The third kappa shape index (κ3) is 1.35. The molecule has 3 nitrogen and oxygen atoms in total. The minimum atomic E-state index is -0.243. The largest absolute Gasteiger partial charge is 0.275 e. The summed E-state index contributed by atoms with van der Waals surface area (Å²) >= 11 is 3.23. The lowest BCUT2D eigenvalue weighted by molar-refractivity contribution is -0.139. The zero-order valence-electron chi connectivity index (χ0n) is 6.30. The summed E-state index contributed by atoms with van der Waals surface area (Å²) in [5.41, 5.74) is 0.866. The van der Waals surface area contributed by atoms with E-state index >= 15 is 0 Å². The van der Waals surface area contributed by atoms with Crippen LogP contribution < -0.4 is 0 Å². The van der Waals surface area contributed by atoms with Gasteiger partial charge in [-0.3, -0.25) is 14.5 Å². The van der Waals surface area contributed by atoms with E-state index in [4.69, 9.17) is 0 Å². The summed E-state index contributed by atoms with van der Waals surface area (Å²) in [6.45, 7) is 3.18. The number of imide groups is 1. The highest BCUT2D eigenvalue weighted by molar-refractivity contribution is 9.09. The van der Waals surface area contributed by atoms with Gasteiger partial charge in [0.15, 0.2) is 0 Å². The van der Waals surface area contributed by atoms with Crippen molar-refractivity contribution >= 4 is 27.7 Å². The average Bonchev–Trinajstić information content (AvgIpc) is 2.07. The highest BCUT2D eigenvalue weighted by Crippen LogP contribution is 2.23. The molecule has 0 saturated heterocycles. The molecule has 0 aliphatic carbocycles. The summed E-state index contributed by atoms with van der Waals surface area (Å²) in [7, 11) is 0. The van der Waals surface area contributed by atoms with Gasteiger partial charge in [-0.05, 0) is 12.5 Å². The summed E-state index contributed by atoms with van der Waals surface area (Å²) in [6, 6.07) is 0. The van der Waals surface area contributed by atoms with Crippen molar-refractivity contribution in [1.29, 1.82) is 0 Å². The van der Waals surface area contributed by atoms with Crippen LogP contribution in [0.5, 0.6) is 0 Å². The van der Waals surface area contributed by atoms with Crippen molar-refractivity contribution in [2.45, 2.75) is 18.8 Å². The van der Waals surface area contributed by atoms with E-state index in [0.29, 0.717) is 0 Å². The van der Waals surface area contributed by atoms with Crippen LogP contribution in [0.3, 0.4) is 0 Å². The van der Waals surface area contributed by atoms with Crippen molar-refractivity contribution in [1.82, 2.24) is 4.90 Å². The first-order valence-corrected chi connectivity index (χ1v) is 4.11. The van der Waals surface area contributed by atoms with E-state index in [0.717, 1.165) is 5.57 Å². The number of amides is 2. The molecule has 1 rings (SSSR count). The van der Waals surface area contributed by atoms with Gasteiger partial charge in [0.05, 0.1) is 0 Å². The van der Waals surface area contributed by atoms with Gasteiger partial charge in [0, 0.05) is 13.0 Å². The predicted octanol–water partition coefficient (Wildman–Crippen LogP) is 1.04. The first-order valence-electron chi connectivity index (χ1n) is 3.20. The fourth-order valence-electron chi connectivity index (χ4n) is 0.963. The molecule has 2 amide bonds. The van der Waals surface area contributed by atoms with Crippen molar-refractivity contribution in [3.63, 3.8) is 0 Å². The Kier molecular flexibility index (Phi) is 2.13. The third-order valence-electron chi connectivity index (χ3n) is 1.53. The number of carbonyl (C=O) groups excluding carboxylic acids is 2. The van der Waals surface area contributed by atoms with E-state index in [1.165, 1.54) is 17.9 Å². The molecule has 0 bridgehead atoms. The molecule has 1 aliphatic rings. The van der Waals surface area contributed by atoms with Gasteiger partial charge in [0.1, 0.15) is 4.95 Å². The number of rotatable bonds is 0. The summed E-state index contributed by atoms with van der Waals surface area (Å²) in [5, 5.41) is 0. The normalized spacial score (nSPS) is 23.9. The van der Waals surface area contributed by atoms with Gasteiger partial charge in [-0.25, -0.2) is 0 Å². The Balaban J connectivity index is 2.89. The molecule has 60 valence electrons. The summed E-state index contributed by atoms with van der Waals surface area (Å²) in [4.78, 5) is 22.8. The van der Waals surface area contributed by atoms with E-state index in [2.05, 4.69) is 15.9 Å². The van der Waals surface area contributed by atoms with Crippen LogP contribution in [-0.4, -0.2) is 21.7 Å². The van der Waals surface area contributed by atoms with Crippen LogP contribution >= 0.6 is 15.9 Å². The summed E-state index contributed by atoms with van der Waals surface area (Å²) in [5.74, 6) is -0.471. The Morgan fingerprint density at radius 2 is 2.27 bits per heavy atom. The van der Waals surface area contributed by atoms with Crippen LogP contribution in [0.1, 0.15) is 13.8 Å². The predicted molar refractivity (Wildman–Crippen MR) is 44.0 cm³/mol. The third-order valence-corrected chi connectivity index (χ3v) is 2.66. The topological polar surface area (TPSA) is 37.4 Å². The second-order valence-electron chi connectivity index (χ2n) is 2.45. The molecule has 1 unspecified atom stereocenters. The monoisotopic (exact) mass is 217 g/mol. The number of alkyl halides is 1. The average molecular weight is 218 g/mol. The minimum absolute atomic E-state index is 0.232. The van der Waals surface area contributed by atoms with Gasteiger partial charge in [0.2, 0.25) is 5.91 Å². The molecule has 0 aromatic rings. The van der Waals surface area contributed by atoms with Gasteiger partial charge in [-0.2, -0.15) is 0 Å². The summed E-state index contributed by atoms with van der Waals surface area (Å²) < 4.78 is 0. The van der Waals surface area contributed by atoms with Gasteiger partial charge in [-0.1, -0.05) is 15.9 Å². The second kappa shape index (κ2) is 2.77. The van der Waals surface area contributed by atoms with E-state index in [-0.39, 0.29) is 16.8 Å². The Bertz CT molecular complexity index is 247. The minimum Gasteiger partial charge on any atom is -0.275 e. The molecule has 0 radical (unpaired) electrons. The van der Waals surface area contributed by atoms with Crippen LogP contribution in [0.15, 0.2) is 11.6 Å². The first kappa shape index (κ1) is 8.46. The van der Waals surface area contributed by atoms with Gasteiger partial charge < -0.3 is 0 Å². The first-order chi connectivity index (χ1) is 5.04. The lowest BCUT2D eigenvalue weighted by atomic mass is 10.3. The van der Waals surface area contributed by atoms with E-state index in [9.17, 15) is 9.59 Å². The molecule has 0 N–H and O–H groups in total. The zero-order valence-corrected chi connectivity index (χ0v) is 7.88. The molecular formula is C7H8BrNO2. The smallest absolute Gasteiger partial charge is 0.254 e. The summed E-state index contributed by atoms with van der Waals surface area (Å²) in [6.07, 6.45) is 1.46. The van der Waals surface area contributed by atoms with Crippen LogP contribution in [-0.2, 0) is 9.59 Å². The number of carbonyl (C=O) groups is 2. The fourth-order valence-corrected chi connectivity index (χ4v) is 1.59. The Hall–Kier alpha value is -0.640. The molecule has 0 aromatic carbocycles. The van der Waals surface area contributed by atoms with Crippen LogP contribution in [0, 0.1) is 0 Å². The number of halogens is 1. The maximum Gasteiger partial charge on any atom is 0.254 e. The van der Waals surface area contributed by atoms with Gasteiger partial charge >= 0.3 is 0 Å². The van der Waals surface area contributed by atoms with E-state index < -0.39 is 0 Å². The van der Waals surface area contributed by atoms with Crippen LogP contribution in [0.4, 0.5) is 0 Å². The van der Waals surface area contributed by atoms with Crippen LogP contribution in [0.2, 0.25) is 0 Å². The van der Waals surface area contributed by atoms with Gasteiger partial charge in [0.25, 0.3) is 5.91 Å². The Morgan fingerprint density at radius 3 is 2.45 bits per heavy atom. The SMILES string of the molecule is CC(=O)N1C(=O)C=C(C)C1Br. The molecule has 1 atom stereocenters. The van der Waals surface area contributed by atoms with Crippen molar-refractivity contribution in [2.75, 3.05) is 0 Å². The molecule has 1 heterocycles. The Morgan fingerprint density at radius 1 is 1.73 bits per heavy atom. The Labute approximate surface area is 73.2 Å². The zero-order chi connectivity index (χ0) is 8.59. The standard InChI is InChI=1S/C7H8BrNO2/c1-4-3-6(11)9(5(2)10)7(4)8/h3,7H,1-2H3. The molecule has 0 fully saturated rings. The number of hydrogen-bond donors (Lipinski definition) is 0. The molecular weight excluding hydrogens is 210 g/mol. The molecule has 0 spiro atoms. The molecule has 0 aromatic heterocycles. The maximum atomic E-state index is 11.0. The van der Waals surface area contributed by atoms with Crippen molar-refractivity contribution in [3.05, 3.63) is 11.6 Å². The second-order valence-corrected chi connectivity index (χ2v) is 3.32. The molecule has 4 heteroatoms.